The van der Waals surface area contributed by atoms with Crippen LogP contribution in [0.3, 0.4) is 0 Å². The number of carbonyl (C=O) groups is 1. The summed E-state index contributed by atoms with van der Waals surface area (Å²) in [6.45, 7) is 2.52. The van der Waals surface area contributed by atoms with Crippen LogP contribution in [0.25, 0.3) is 17.1 Å². The van der Waals surface area contributed by atoms with Gasteiger partial charge in [-0.25, -0.2) is 5.43 Å². The van der Waals surface area contributed by atoms with E-state index < -0.39 is 0 Å². The molecule has 0 bridgehead atoms. The normalized spacial score (nSPS) is 11.1. The van der Waals surface area contributed by atoms with Crippen molar-refractivity contribution >= 4 is 47.1 Å². The van der Waals surface area contributed by atoms with Gasteiger partial charge in [-0.1, -0.05) is 47.1 Å². The van der Waals surface area contributed by atoms with Crippen LogP contribution in [0.2, 0.25) is 10.0 Å². The molecule has 1 heterocycles. The van der Waals surface area contributed by atoms with Gasteiger partial charge in [0.1, 0.15) is 5.75 Å². The molecule has 178 valence electrons. The lowest BCUT2D eigenvalue weighted by atomic mass is 10.2. The van der Waals surface area contributed by atoms with Gasteiger partial charge in [-0.05, 0) is 73.2 Å². The average molecular weight is 526 g/mol. The van der Waals surface area contributed by atoms with Crippen LogP contribution in [-0.4, -0.2) is 39.2 Å². The summed E-state index contributed by atoms with van der Waals surface area (Å²) in [5.74, 6) is 1.24. The van der Waals surface area contributed by atoms with E-state index >= 15 is 0 Å². The summed E-state index contributed by atoms with van der Waals surface area (Å²) in [7, 11) is 0. The molecule has 0 saturated carbocycles. The van der Waals surface area contributed by atoms with Crippen LogP contribution in [-0.2, 0) is 4.79 Å². The Labute approximate surface area is 217 Å². The van der Waals surface area contributed by atoms with Crippen LogP contribution in [0.1, 0.15) is 12.5 Å². The van der Waals surface area contributed by atoms with E-state index in [4.69, 9.17) is 27.9 Å². The molecule has 35 heavy (non-hydrogen) atoms. The monoisotopic (exact) mass is 525 g/mol. The van der Waals surface area contributed by atoms with Gasteiger partial charge in [0.25, 0.3) is 5.91 Å². The van der Waals surface area contributed by atoms with E-state index in [0.29, 0.717) is 27.6 Å². The lowest BCUT2D eigenvalue weighted by Crippen LogP contribution is -2.20. The maximum Gasteiger partial charge on any atom is 0.250 e. The van der Waals surface area contributed by atoms with Crippen LogP contribution in [0.15, 0.2) is 83.1 Å². The molecule has 7 nitrogen and oxygen atoms in total. The van der Waals surface area contributed by atoms with E-state index in [1.54, 1.807) is 30.5 Å². The van der Waals surface area contributed by atoms with E-state index in [9.17, 15) is 4.79 Å². The van der Waals surface area contributed by atoms with Crippen molar-refractivity contribution in [2.45, 2.75) is 12.1 Å². The molecule has 1 N–H and O–H groups in total. The number of thioether (sulfide) groups is 1. The molecule has 4 rings (SSSR count). The van der Waals surface area contributed by atoms with Gasteiger partial charge < -0.3 is 4.74 Å². The first-order valence-corrected chi connectivity index (χ1v) is 12.4. The van der Waals surface area contributed by atoms with Crippen LogP contribution < -0.4 is 10.2 Å². The van der Waals surface area contributed by atoms with Gasteiger partial charge in [-0.15, -0.1) is 10.2 Å². The highest BCUT2D eigenvalue weighted by Gasteiger charge is 2.17. The Morgan fingerprint density at radius 1 is 1.00 bits per heavy atom. The fraction of sp³-hybridized carbons (Fsp3) is 0.120. The third-order valence-corrected chi connectivity index (χ3v) is 6.18. The first-order valence-electron chi connectivity index (χ1n) is 10.7. The molecule has 0 aliphatic heterocycles. The van der Waals surface area contributed by atoms with E-state index in [2.05, 4.69) is 20.7 Å². The summed E-state index contributed by atoms with van der Waals surface area (Å²) < 4.78 is 7.45. The number of benzene rings is 3. The van der Waals surface area contributed by atoms with Crippen LogP contribution in [0, 0.1) is 0 Å². The minimum absolute atomic E-state index is 0.105. The molecule has 1 amide bonds. The number of halogens is 2. The largest absolute Gasteiger partial charge is 0.494 e. The van der Waals surface area contributed by atoms with E-state index in [0.717, 1.165) is 22.6 Å². The predicted molar refractivity (Wildman–Crippen MR) is 141 cm³/mol. The van der Waals surface area contributed by atoms with Gasteiger partial charge in [0.15, 0.2) is 11.0 Å². The van der Waals surface area contributed by atoms with Crippen molar-refractivity contribution in [3.8, 4) is 22.8 Å². The van der Waals surface area contributed by atoms with Crippen molar-refractivity contribution in [1.29, 1.82) is 0 Å². The van der Waals surface area contributed by atoms with Gasteiger partial charge in [-0.3, -0.25) is 9.36 Å². The standard InChI is InChI=1S/C25H21Cl2N5O2S/c1-2-34-22-13-11-21(12-14-22)32-24(18-5-9-20(27)10-6-18)30-31-25(32)35-16-23(33)29-28-15-17-3-7-19(26)8-4-17/h3-15H,2,16H2,1H3,(H,29,33). The maximum absolute atomic E-state index is 12.4. The molecule has 0 atom stereocenters. The highest BCUT2D eigenvalue weighted by Crippen LogP contribution is 2.29. The van der Waals surface area contributed by atoms with Gasteiger partial charge in [0.05, 0.1) is 18.6 Å². The van der Waals surface area contributed by atoms with Crippen LogP contribution in [0.4, 0.5) is 0 Å². The second kappa shape index (κ2) is 11.9. The number of nitrogens with one attached hydrogen (secondary N) is 1. The van der Waals surface area contributed by atoms with Crippen molar-refractivity contribution in [2.75, 3.05) is 12.4 Å². The quantitative estimate of drug-likeness (QED) is 0.167. The minimum Gasteiger partial charge on any atom is -0.494 e. The number of hydrogen-bond donors (Lipinski definition) is 1. The van der Waals surface area contributed by atoms with Crippen molar-refractivity contribution < 1.29 is 9.53 Å². The molecule has 4 aromatic rings. The topological polar surface area (TPSA) is 81.4 Å². The molecule has 0 unspecified atom stereocenters. The van der Waals surface area contributed by atoms with Crippen LogP contribution >= 0.6 is 35.0 Å². The number of hydrogen-bond acceptors (Lipinski definition) is 6. The zero-order valence-electron chi connectivity index (χ0n) is 18.7. The molecule has 3 aromatic carbocycles. The Bertz CT molecular complexity index is 1310. The fourth-order valence-electron chi connectivity index (χ4n) is 3.13. The van der Waals surface area contributed by atoms with E-state index in [1.807, 2.05) is 60.0 Å². The van der Waals surface area contributed by atoms with Crippen molar-refractivity contribution in [3.63, 3.8) is 0 Å². The number of hydrazone groups is 1. The predicted octanol–water partition coefficient (Wildman–Crippen LogP) is 5.88. The summed E-state index contributed by atoms with van der Waals surface area (Å²) in [4.78, 5) is 12.4. The molecule has 0 spiro atoms. The molecule has 0 aliphatic rings. The summed E-state index contributed by atoms with van der Waals surface area (Å²) in [5.41, 5.74) is 5.04. The lowest BCUT2D eigenvalue weighted by molar-refractivity contribution is -0.118. The molecule has 0 aliphatic carbocycles. The minimum atomic E-state index is -0.269. The highest BCUT2D eigenvalue weighted by molar-refractivity contribution is 7.99. The summed E-state index contributed by atoms with van der Waals surface area (Å²) >= 11 is 13.2. The van der Waals surface area contributed by atoms with E-state index in [-0.39, 0.29) is 11.7 Å². The zero-order chi connectivity index (χ0) is 24.6. The van der Waals surface area contributed by atoms with Crippen molar-refractivity contribution in [1.82, 2.24) is 20.2 Å². The lowest BCUT2D eigenvalue weighted by Gasteiger charge is -2.11. The number of amides is 1. The fourth-order valence-corrected chi connectivity index (χ4v) is 4.13. The SMILES string of the molecule is CCOc1ccc(-n2c(SCC(=O)NN=Cc3ccc(Cl)cc3)nnc2-c2ccc(Cl)cc2)cc1. The first-order chi connectivity index (χ1) is 17.0. The Hall–Kier alpha value is -3.33. The number of carbonyl (C=O) groups excluding carboxylic acids is 1. The average Bonchev–Trinajstić information content (AvgIpc) is 3.29. The zero-order valence-corrected chi connectivity index (χ0v) is 21.0. The third kappa shape index (κ3) is 6.63. The second-order valence-corrected chi connectivity index (χ2v) is 9.02. The summed E-state index contributed by atoms with van der Waals surface area (Å²) in [5, 5.41) is 14.6. The summed E-state index contributed by atoms with van der Waals surface area (Å²) in [6.07, 6.45) is 1.56. The van der Waals surface area contributed by atoms with Gasteiger partial charge in [0.2, 0.25) is 0 Å². The molecular weight excluding hydrogens is 505 g/mol. The highest BCUT2D eigenvalue weighted by atomic mass is 35.5. The van der Waals surface area contributed by atoms with Gasteiger partial charge in [-0.2, -0.15) is 5.10 Å². The Morgan fingerprint density at radius 3 is 2.31 bits per heavy atom. The van der Waals surface area contributed by atoms with Crippen molar-refractivity contribution in [2.24, 2.45) is 5.10 Å². The third-order valence-electron chi connectivity index (χ3n) is 4.75. The van der Waals surface area contributed by atoms with Crippen LogP contribution in [0.5, 0.6) is 5.75 Å². The molecule has 0 fully saturated rings. The number of ether oxygens (including phenoxy) is 1. The Morgan fingerprint density at radius 2 is 1.66 bits per heavy atom. The smallest absolute Gasteiger partial charge is 0.250 e. The second-order valence-electron chi connectivity index (χ2n) is 7.21. The molecule has 0 radical (unpaired) electrons. The van der Waals surface area contributed by atoms with Gasteiger partial charge in [0, 0.05) is 21.3 Å². The van der Waals surface area contributed by atoms with Gasteiger partial charge >= 0.3 is 0 Å². The Balaban J connectivity index is 1.52. The van der Waals surface area contributed by atoms with Crippen molar-refractivity contribution in [3.05, 3.63) is 88.4 Å². The number of aromatic nitrogens is 3. The molecule has 10 heteroatoms. The number of rotatable bonds is 9. The van der Waals surface area contributed by atoms with E-state index in [1.165, 1.54) is 11.8 Å². The molecule has 0 saturated heterocycles. The molecule has 1 aromatic heterocycles. The summed E-state index contributed by atoms with van der Waals surface area (Å²) in [6, 6.07) is 22.1. The molecular formula is C25H21Cl2N5O2S. The first kappa shape index (κ1) is 24.8. The maximum atomic E-state index is 12.4. The Kier molecular flexibility index (Phi) is 8.41. The number of nitrogens with zero attached hydrogens (tertiary/aromatic N) is 4.